The maximum absolute atomic E-state index is 9.95. The lowest BCUT2D eigenvalue weighted by molar-refractivity contribution is 1.18. The van der Waals surface area contributed by atoms with Crippen molar-refractivity contribution in [2.75, 3.05) is 4.90 Å². The number of benzene rings is 8. The fourth-order valence-electron chi connectivity index (χ4n) is 6.08. The summed E-state index contributed by atoms with van der Waals surface area (Å²) in [6, 6.07) is -13.3. The fraction of sp³-hybridized carbons (Fsp3) is 0. The monoisotopic (exact) mass is 729 g/mol. The van der Waals surface area contributed by atoms with Crippen molar-refractivity contribution < 1.29 is 37.0 Å². The molecule has 55 heavy (non-hydrogen) atoms. The molecule has 4 nitrogen and oxygen atoms in total. The smallest absolute Gasteiger partial charge is 0.160 e. The Balaban J connectivity index is 1.42. The van der Waals surface area contributed by atoms with Gasteiger partial charge in [-0.2, -0.15) is 0 Å². The Labute approximate surface area is 357 Å². The zero-order chi connectivity index (χ0) is 60.1. The molecular weight excluding hydrogens is 669 g/mol. The van der Waals surface area contributed by atoms with E-state index in [2.05, 4.69) is 9.97 Å². The Morgan fingerprint density at radius 3 is 1.87 bits per heavy atom. The number of aromatic nitrogens is 3. The molecule has 2 heterocycles. The van der Waals surface area contributed by atoms with Gasteiger partial charge in [0.2, 0.25) is 0 Å². The van der Waals surface area contributed by atoms with E-state index in [0.29, 0.717) is 0 Å². The van der Waals surface area contributed by atoms with Gasteiger partial charge >= 0.3 is 0 Å². The fourth-order valence-corrected chi connectivity index (χ4v) is 6.08. The lowest BCUT2D eigenvalue weighted by Crippen LogP contribution is -2.10. The van der Waals surface area contributed by atoms with Crippen LogP contribution in [0.1, 0.15) is 37.0 Å². The van der Waals surface area contributed by atoms with Gasteiger partial charge < -0.3 is 4.90 Å². The molecule has 0 saturated heterocycles. The standard InChI is InChI=1S/C51H34N4/c1-5-18-36(19-6-1)45-34-46(37-20-7-2-8-21-37)54-51(53-45)39-23-15-22-38(33-39)50-43-32-31-35-17-13-14-28-42(35)48(43)49-44(52-50)29-16-30-47(49)55(40-24-9-3-10-25-40)41-26-11-4-12-27-41/h1-34H/i1D,2D,3D,4D,5D,6D,7D,9D,10D,11D,12D,13D,14D,15D,17D,18D,20D,22D,24D,25D,26D,27D,28D,31D,32D,33D,34D. The lowest BCUT2D eigenvalue weighted by Gasteiger charge is -2.27. The van der Waals surface area contributed by atoms with Crippen LogP contribution in [0.2, 0.25) is 0 Å². The summed E-state index contributed by atoms with van der Waals surface area (Å²) >= 11 is 0. The summed E-state index contributed by atoms with van der Waals surface area (Å²) in [5.74, 6) is -0.568. The Hall–Kier alpha value is -7.43. The predicted octanol–water partition coefficient (Wildman–Crippen LogP) is 13.5. The van der Waals surface area contributed by atoms with Crippen molar-refractivity contribution in [2.24, 2.45) is 0 Å². The molecule has 0 bridgehead atoms. The first-order chi connectivity index (χ1) is 38.5. The van der Waals surface area contributed by atoms with E-state index in [1.807, 2.05) is 0 Å². The predicted molar refractivity (Wildman–Crippen MR) is 229 cm³/mol. The molecule has 10 rings (SSSR count). The summed E-state index contributed by atoms with van der Waals surface area (Å²) in [5.41, 5.74) is -5.49. The van der Waals surface area contributed by atoms with Crippen molar-refractivity contribution in [3.05, 3.63) is 206 Å². The van der Waals surface area contributed by atoms with Crippen molar-refractivity contribution in [3.8, 4) is 45.2 Å². The number of para-hydroxylation sites is 2. The average molecular weight is 730 g/mol. The molecule has 0 atom stereocenters. The second kappa shape index (κ2) is 13.8. The highest BCUT2D eigenvalue weighted by molar-refractivity contribution is 6.26. The van der Waals surface area contributed by atoms with E-state index in [4.69, 9.17) is 32.4 Å². The van der Waals surface area contributed by atoms with Crippen LogP contribution in [0.4, 0.5) is 17.1 Å². The third kappa shape index (κ3) is 5.96. The number of hydrogen-bond acceptors (Lipinski definition) is 4. The number of pyridine rings is 1. The SMILES string of the molecule is [2H]c1ccc(-c2nc(-c3cc([2H])c([2H])c(-c4nc5cccc(N(c6c([2H])c([2H])c([2H])c([2H])c6[2H])c6c([2H])c([2H])c([2H])c([2H])c6[2H])c5c5c4c([2H])c([2H])c4c([2H])c([2H])c([2H])c([2H])c45)c3[2H])nc(-c3cc([2H])c([2H])c([2H])c3[2H])c2[2H])c([2H])c1[2H]. The quantitative estimate of drug-likeness (QED) is 0.153. The van der Waals surface area contributed by atoms with Gasteiger partial charge in [0.25, 0.3) is 0 Å². The number of hydrogen-bond donors (Lipinski definition) is 0. The van der Waals surface area contributed by atoms with Gasteiger partial charge in [-0.1, -0.05) is 157 Å². The van der Waals surface area contributed by atoms with Gasteiger partial charge in [-0.15, -0.1) is 0 Å². The number of anilines is 3. The summed E-state index contributed by atoms with van der Waals surface area (Å²) in [7, 11) is 0. The Kier molecular flexibility index (Phi) is 3.72. The molecule has 0 aliphatic heterocycles. The summed E-state index contributed by atoms with van der Waals surface area (Å²) in [6.45, 7) is 0. The Bertz CT molecular complexity index is 4440. The Morgan fingerprint density at radius 2 is 1.07 bits per heavy atom. The maximum atomic E-state index is 9.95. The van der Waals surface area contributed by atoms with Gasteiger partial charge in [-0.25, -0.2) is 15.0 Å². The zero-order valence-electron chi connectivity index (χ0n) is 54.8. The van der Waals surface area contributed by atoms with E-state index < -0.39 is 230 Å². The van der Waals surface area contributed by atoms with Gasteiger partial charge in [-0.3, -0.25) is 0 Å². The van der Waals surface area contributed by atoms with Crippen LogP contribution in [0.15, 0.2) is 206 Å². The normalized spacial score (nSPS) is 18.1. The number of fused-ring (bicyclic) bond motifs is 5. The topological polar surface area (TPSA) is 41.9 Å². The summed E-state index contributed by atoms with van der Waals surface area (Å²) in [5, 5.41) is -2.43. The van der Waals surface area contributed by atoms with Gasteiger partial charge in [0.1, 0.15) is 0 Å². The summed E-state index contributed by atoms with van der Waals surface area (Å²) in [6.07, 6.45) is 0. The minimum atomic E-state index is -0.949. The molecule has 0 aliphatic rings. The van der Waals surface area contributed by atoms with Crippen LogP contribution in [-0.4, -0.2) is 15.0 Å². The average Bonchev–Trinajstić information content (AvgIpc) is 0.987. The largest absolute Gasteiger partial charge is 0.310 e. The summed E-state index contributed by atoms with van der Waals surface area (Å²) < 4.78 is 240. The third-order valence-electron chi connectivity index (χ3n) is 8.39. The van der Waals surface area contributed by atoms with Crippen LogP contribution >= 0.6 is 0 Å². The molecule has 0 amide bonds. The second-order valence-corrected chi connectivity index (χ2v) is 11.6. The molecule has 0 fully saturated rings. The van der Waals surface area contributed by atoms with Crippen molar-refractivity contribution >= 4 is 49.5 Å². The lowest BCUT2D eigenvalue weighted by atomic mass is 9.93. The van der Waals surface area contributed by atoms with E-state index in [9.17, 15) is 9.60 Å². The van der Waals surface area contributed by atoms with E-state index in [1.165, 1.54) is 24.3 Å². The molecule has 10 aromatic rings. The maximum Gasteiger partial charge on any atom is 0.160 e. The molecule has 8 aromatic carbocycles. The van der Waals surface area contributed by atoms with E-state index in [-0.39, 0.29) is 28.1 Å². The molecule has 0 unspecified atom stereocenters. The van der Waals surface area contributed by atoms with Crippen LogP contribution < -0.4 is 4.90 Å². The van der Waals surface area contributed by atoms with E-state index in [1.54, 1.807) is 0 Å². The van der Waals surface area contributed by atoms with Gasteiger partial charge in [-0.05, 0) is 59.2 Å². The van der Waals surface area contributed by atoms with Crippen LogP contribution in [0.25, 0.3) is 77.6 Å². The van der Waals surface area contributed by atoms with Crippen LogP contribution in [0.5, 0.6) is 0 Å². The van der Waals surface area contributed by atoms with Crippen LogP contribution in [0, 0.1) is 0 Å². The highest BCUT2D eigenvalue weighted by Crippen LogP contribution is 2.45. The van der Waals surface area contributed by atoms with Gasteiger partial charge in [0, 0.05) is 49.8 Å². The molecule has 0 spiro atoms. The molecule has 0 N–H and O–H groups in total. The van der Waals surface area contributed by atoms with E-state index in [0.717, 1.165) is 23.1 Å². The van der Waals surface area contributed by atoms with Gasteiger partial charge in [0.15, 0.2) is 5.82 Å². The highest BCUT2D eigenvalue weighted by atomic mass is 15.1. The molecule has 0 radical (unpaired) electrons. The number of rotatable bonds is 7. The third-order valence-corrected chi connectivity index (χ3v) is 8.39. The number of nitrogens with zero attached hydrogens (tertiary/aromatic N) is 4. The van der Waals surface area contributed by atoms with Crippen LogP contribution in [-0.2, 0) is 0 Å². The molecule has 4 heteroatoms. The van der Waals surface area contributed by atoms with Crippen molar-refractivity contribution in [1.82, 2.24) is 15.0 Å². The van der Waals surface area contributed by atoms with Crippen molar-refractivity contribution in [3.63, 3.8) is 0 Å². The van der Waals surface area contributed by atoms with Crippen LogP contribution in [0.3, 0.4) is 0 Å². The van der Waals surface area contributed by atoms with E-state index >= 15 is 0 Å². The first-order valence-corrected chi connectivity index (χ1v) is 16.3. The first kappa shape index (κ1) is 14.8. The zero-order valence-corrected chi connectivity index (χ0v) is 27.8. The summed E-state index contributed by atoms with van der Waals surface area (Å²) in [4.78, 5) is 14.7. The second-order valence-electron chi connectivity index (χ2n) is 11.6. The minimum absolute atomic E-state index is 0.232. The van der Waals surface area contributed by atoms with Crippen molar-refractivity contribution in [1.29, 1.82) is 0 Å². The Morgan fingerprint density at radius 1 is 0.418 bits per heavy atom. The minimum Gasteiger partial charge on any atom is -0.310 e. The molecule has 2 aromatic heterocycles. The first-order valence-electron chi connectivity index (χ1n) is 29.8. The van der Waals surface area contributed by atoms with Crippen molar-refractivity contribution in [2.45, 2.75) is 0 Å². The molecule has 0 saturated carbocycles. The highest BCUT2D eigenvalue weighted by Gasteiger charge is 2.21. The molecular formula is C51H34N4. The molecule has 0 aliphatic carbocycles. The van der Waals surface area contributed by atoms with Gasteiger partial charge in [0.05, 0.1) is 65.3 Å². The molecule has 258 valence electrons.